The normalized spacial score (nSPS) is 21.5. The molecule has 1 aliphatic heterocycles. The van der Waals surface area contributed by atoms with Crippen LogP contribution < -0.4 is 10.6 Å². The summed E-state index contributed by atoms with van der Waals surface area (Å²) in [4.78, 5) is 11.4. The lowest BCUT2D eigenvalue weighted by Crippen LogP contribution is -2.25. The molecule has 0 radical (unpaired) electrons. The van der Waals surface area contributed by atoms with E-state index in [1.807, 2.05) is 17.8 Å². The Morgan fingerprint density at radius 2 is 2.00 bits per heavy atom. The summed E-state index contributed by atoms with van der Waals surface area (Å²) in [6.07, 6.45) is 4.12. The Balaban J connectivity index is 1.68. The van der Waals surface area contributed by atoms with Crippen LogP contribution in [0.2, 0.25) is 5.02 Å². The van der Waals surface area contributed by atoms with Crippen LogP contribution in [0.1, 0.15) is 37.8 Å². The number of carbonyl (C=O) groups excluding carboxylic acids is 1. The van der Waals surface area contributed by atoms with Gasteiger partial charge >= 0.3 is 0 Å². The fraction of sp³-hybridized carbons (Fsp3) is 0.364. The summed E-state index contributed by atoms with van der Waals surface area (Å²) in [6.45, 7) is 2.09. The number of nitrogens with zero attached hydrogens (tertiary/aromatic N) is 2. The van der Waals surface area contributed by atoms with E-state index in [2.05, 4.69) is 41.8 Å². The van der Waals surface area contributed by atoms with E-state index in [1.165, 1.54) is 23.9 Å². The molecule has 2 atom stereocenters. The number of aldehydes is 1. The highest BCUT2D eigenvalue weighted by Gasteiger charge is 2.29. The molecular weight excluding hydrogens is 372 g/mol. The summed E-state index contributed by atoms with van der Waals surface area (Å²) in [7, 11) is 2.01. The van der Waals surface area contributed by atoms with Crippen LogP contribution in [-0.4, -0.2) is 28.2 Å². The molecule has 0 spiro atoms. The molecule has 0 bridgehead atoms. The van der Waals surface area contributed by atoms with E-state index in [0.717, 1.165) is 34.3 Å². The largest absolute Gasteiger partial charge is 0.380 e. The molecule has 1 saturated carbocycles. The van der Waals surface area contributed by atoms with Crippen molar-refractivity contribution >= 4 is 40.2 Å². The molecule has 1 aliphatic carbocycles. The number of rotatable bonds is 3. The van der Waals surface area contributed by atoms with Crippen molar-refractivity contribution in [1.82, 2.24) is 9.78 Å². The molecule has 0 saturated heterocycles. The molecule has 5 nitrogen and oxygen atoms in total. The van der Waals surface area contributed by atoms with Crippen molar-refractivity contribution in [2.75, 3.05) is 10.6 Å². The maximum atomic E-state index is 11.4. The van der Waals surface area contributed by atoms with Crippen LogP contribution in [0.3, 0.4) is 0 Å². The van der Waals surface area contributed by atoms with E-state index in [-0.39, 0.29) is 12.1 Å². The van der Waals surface area contributed by atoms with Crippen LogP contribution in [0, 0.1) is 0 Å². The molecule has 144 valence electrons. The summed E-state index contributed by atoms with van der Waals surface area (Å²) >= 11 is 6.49. The number of hydrogen-bond donors (Lipinski definition) is 2. The third kappa shape index (κ3) is 2.85. The van der Waals surface area contributed by atoms with Crippen LogP contribution in [0.25, 0.3) is 22.0 Å². The Hall–Kier alpha value is -2.53. The molecule has 6 heteroatoms. The van der Waals surface area contributed by atoms with Gasteiger partial charge in [0.2, 0.25) is 0 Å². The van der Waals surface area contributed by atoms with Gasteiger partial charge in [-0.2, -0.15) is 5.10 Å². The number of anilines is 2. The number of benzene rings is 2. The smallest absolute Gasteiger partial charge is 0.142 e. The Kier molecular flexibility index (Phi) is 4.09. The van der Waals surface area contributed by atoms with Crippen molar-refractivity contribution in [1.29, 1.82) is 0 Å². The van der Waals surface area contributed by atoms with Crippen LogP contribution >= 0.6 is 11.6 Å². The van der Waals surface area contributed by atoms with Crippen molar-refractivity contribution in [3.8, 4) is 11.1 Å². The quantitative estimate of drug-likeness (QED) is 0.617. The zero-order chi connectivity index (χ0) is 19.4. The molecule has 28 heavy (non-hydrogen) atoms. The third-order valence-corrected chi connectivity index (χ3v) is 6.12. The zero-order valence-electron chi connectivity index (χ0n) is 16.0. The van der Waals surface area contributed by atoms with Gasteiger partial charge in [0.25, 0.3) is 0 Å². The predicted octanol–water partition coefficient (Wildman–Crippen LogP) is 4.95. The van der Waals surface area contributed by atoms with Gasteiger partial charge in [-0.05, 0) is 49.9 Å². The predicted molar refractivity (Wildman–Crippen MR) is 114 cm³/mol. The lowest BCUT2D eigenvalue weighted by Gasteiger charge is -2.18. The standard InChI is InChI=1S/C22H23ClN4O/c1-12-9-15(11-28)25-22-18(23)7-6-16(21(22)24-12)14-5-8-19-17(10-14)20(13-3-4-13)26-27(19)2/h5-8,10-13,15,24-25H,3-4,9H2,1-2H3/t12-,15?/m1/s1. The first-order valence-electron chi connectivity index (χ1n) is 9.83. The highest BCUT2D eigenvalue weighted by Crippen LogP contribution is 2.45. The van der Waals surface area contributed by atoms with Gasteiger partial charge in [0.05, 0.1) is 33.6 Å². The lowest BCUT2D eigenvalue weighted by atomic mass is 9.99. The summed E-state index contributed by atoms with van der Waals surface area (Å²) in [6, 6.07) is 10.4. The monoisotopic (exact) mass is 394 g/mol. The fourth-order valence-corrected chi connectivity index (χ4v) is 4.46. The van der Waals surface area contributed by atoms with Crippen LogP contribution in [0.15, 0.2) is 30.3 Å². The molecule has 0 amide bonds. The number of aromatic nitrogens is 2. The Bertz CT molecular complexity index is 1090. The number of aryl methyl sites for hydroxylation is 1. The number of nitrogens with one attached hydrogen (secondary N) is 2. The number of fused-ring (bicyclic) bond motifs is 2. The summed E-state index contributed by atoms with van der Waals surface area (Å²) in [5, 5.41) is 13.5. The summed E-state index contributed by atoms with van der Waals surface area (Å²) in [5.74, 6) is 0.592. The number of halogens is 1. The minimum Gasteiger partial charge on any atom is -0.380 e. The number of carbonyl (C=O) groups is 1. The van der Waals surface area contributed by atoms with Gasteiger partial charge in [-0.15, -0.1) is 0 Å². The lowest BCUT2D eigenvalue weighted by molar-refractivity contribution is -0.108. The second-order valence-electron chi connectivity index (χ2n) is 8.03. The topological polar surface area (TPSA) is 59.0 Å². The van der Waals surface area contributed by atoms with Gasteiger partial charge in [-0.25, -0.2) is 0 Å². The molecule has 1 aromatic heterocycles. The van der Waals surface area contributed by atoms with Gasteiger partial charge in [0.1, 0.15) is 6.29 Å². The van der Waals surface area contributed by atoms with Crippen molar-refractivity contribution in [3.63, 3.8) is 0 Å². The van der Waals surface area contributed by atoms with E-state index in [1.54, 1.807) is 0 Å². The Labute approximate surface area is 169 Å². The van der Waals surface area contributed by atoms with Gasteiger partial charge in [-0.1, -0.05) is 23.7 Å². The first-order chi connectivity index (χ1) is 13.5. The summed E-state index contributed by atoms with van der Waals surface area (Å²) in [5.41, 5.74) is 6.33. The third-order valence-electron chi connectivity index (χ3n) is 5.80. The molecule has 2 aliphatic rings. The maximum Gasteiger partial charge on any atom is 0.142 e. The first kappa shape index (κ1) is 17.6. The molecule has 5 rings (SSSR count). The Morgan fingerprint density at radius 3 is 2.75 bits per heavy atom. The Morgan fingerprint density at radius 1 is 1.18 bits per heavy atom. The SMILES string of the molecule is C[C@@H]1CC(C=O)Nc2c(Cl)ccc(-c3ccc4c(c3)c(C3CC3)nn4C)c2N1. The molecule has 1 fully saturated rings. The van der Waals surface area contributed by atoms with Crippen LogP contribution in [0.5, 0.6) is 0 Å². The van der Waals surface area contributed by atoms with Crippen LogP contribution in [0.4, 0.5) is 11.4 Å². The van der Waals surface area contributed by atoms with Gasteiger partial charge in [0, 0.05) is 30.0 Å². The molecule has 2 heterocycles. The molecule has 2 N–H and O–H groups in total. The van der Waals surface area contributed by atoms with E-state index in [9.17, 15) is 4.79 Å². The van der Waals surface area contributed by atoms with Crippen LogP contribution in [-0.2, 0) is 11.8 Å². The summed E-state index contributed by atoms with van der Waals surface area (Å²) < 4.78 is 1.98. The van der Waals surface area contributed by atoms with Crippen molar-refractivity contribution < 1.29 is 4.79 Å². The molecule has 2 aromatic carbocycles. The van der Waals surface area contributed by atoms with Crippen molar-refractivity contribution in [2.45, 2.75) is 44.2 Å². The average Bonchev–Trinajstić information content (AvgIpc) is 3.49. The average molecular weight is 395 g/mol. The molecular formula is C22H23ClN4O. The molecule has 1 unspecified atom stereocenters. The second kappa shape index (κ2) is 6.52. The van der Waals surface area contributed by atoms with E-state index >= 15 is 0 Å². The number of hydrogen-bond acceptors (Lipinski definition) is 4. The minimum atomic E-state index is -0.251. The van der Waals surface area contributed by atoms with Gasteiger partial charge < -0.3 is 15.4 Å². The van der Waals surface area contributed by atoms with Crippen molar-refractivity contribution in [2.24, 2.45) is 7.05 Å². The molecule has 3 aromatic rings. The van der Waals surface area contributed by atoms with E-state index in [0.29, 0.717) is 17.4 Å². The minimum absolute atomic E-state index is 0.158. The fourth-order valence-electron chi connectivity index (χ4n) is 4.25. The van der Waals surface area contributed by atoms with Crippen molar-refractivity contribution in [3.05, 3.63) is 41.0 Å². The zero-order valence-corrected chi connectivity index (χ0v) is 16.8. The second-order valence-corrected chi connectivity index (χ2v) is 8.44. The highest BCUT2D eigenvalue weighted by atomic mass is 35.5. The van der Waals surface area contributed by atoms with E-state index in [4.69, 9.17) is 16.7 Å². The van der Waals surface area contributed by atoms with Gasteiger partial charge in [0.15, 0.2) is 0 Å². The highest BCUT2D eigenvalue weighted by molar-refractivity contribution is 6.34. The van der Waals surface area contributed by atoms with E-state index < -0.39 is 0 Å². The maximum absolute atomic E-state index is 11.4. The first-order valence-corrected chi connectivity index (χ1v) is 10.2. The van der Waals surface area contributed by atoms with Gasteiger partial charge in [-0.3, -0.25) is 4.68 Å².